The number of carbonyl (C=O) groups excluding carboxylic acids is 3. The number of anilines is 1. The summed E-state index contributed by atoms with van der Waals surface area (Å²) in [6, 6.07) is 7.44. The molecule has 6 nitrogen and oxygen atoms in total. The fourth-order valence-corrected chi connectivity index (χ4v) is 5.12. The Labute approximate surface area is 176 Å². The van der Waals surface area contributed by atoms with Gasteiger partial charge in [-0.3, -0.25) is 9.59 Å². The average molecular weight is 420 g/mol. The zero-order valence-electron chi connectivity index (χ0n) is 17.2. The first-order chi connectivity index (χ1) is 13.8. The van der Waals surface area contributed by atoms with Crippen LogP contribution >= 0.6 is 11.8 Å². The minimum atomic E-state index is -0.577. The molecule has 2 aliphatic rings. The first kappa shape index (κ1) is 21.7. The molecule has 0 unspecified atom stereocenters. The highest BCUT2D eigenvalue weighted by Gasteiger charge is 2.34. The third-order valence-electron chi connectivity index (χ3n) is 5.65. The molecule has 158 valence electrons. The Hall–Kier alpha value is -2.02. The summed E-state index contributed by atoms with van der Waals surface area (Å²) < 4.78 is 10.7. The number of fused-ring (bicyclic) bond motifs is 1. The highest BCUT2D eigenvalue weighted by Crippen LogP contribution is 2.37. The van der Waals surface area contributed by atoms with Gasteiger partial charge in [0, 0.05) is 4.90 Å². The summed E-state index contributed by atoms with van der Waals surface area (Å²) in [6.45, 7) is 6.05. The van der Waals surface area contributed by atoms with E-state index >= 15 is 0 Å². The van der Waals surface area contributed by atoms with Crippen LogP contribution in [0.3, 0.4) is 0 Å². The molecule has 0 bridgehead atoms. The van der Waals surface area contributed by atoms with Gasteiger partial charge in [0.25, 0.3) is 0 Å². The number of para-hydroxylation sites is 1. The molecule has 3 rings (SSSR count). The number of carbonyl (C=O) groups is 3. The fraction of sp³-hybridized carbons (Fsp3) is 0.591. The second-order valence-corrected chi connectivity index (χ2v) is 9.56. The second kappa shape index (κ2) is 9.65. The van der Waals surface area contributed by atoms with Gasteiger partial charge in [0.2, 0.25) is 5.91 Å². The largest absolute Gasteiger partial charge is 0.460 e. The highest BCUT2D eigenvalue weighted by molar-refractivity contribution is 8.01. The van der Waals surface area contributed by atoms with E-state index in [0.29, 0.717) is 17.8 Å². The van der Waals surface area contributed by atoms with E-state index in [4.69, 9.17) is 9.47 Å². The number of hydrogen-bond donors (Lipinski definition) is 1. The van der Waals surface area contributed by atoms with Crippen LogP contribution in [0, 0.1) is 17.8 Å². The number of ether oxygens (including phenoxy) is 2. The Bertz CT molecular complexity index is 765. The van der Waals surface area contributed by atoms with Crippen LogP contribution in [0.1, 0.15) is 46.5 Å². The Morgan fingerprint density at radius 2 is 1.97 bits per heavy atom. The van der Waals surface area contributed by atoms with E-state index in [2.05, 4.69) is 26.1 Å². The van der Waals surface area contributed by atoms with E-state index in [1.165, 1.54) is 11.8 Å². The monoisotopic (exact) mass is 419 g/mol. The quantitative estimate of drug-likeness (QED) is 0.701. The van der Waals surface area contributed by atoms with Gasteiger partial charge >= 0.3 is 11.9 Å². The Morgan fingerprint density at radius 3 is 2.72 bits per heavy atom. The predicted octanol–water partition coefficient (Wildman–Crippen LogP) is 4.04. The molecule has 1 aliphatic heterocycles. The van der Waals surface area contributed by atoms with E-state index in [1.807, 2.05) is 24.3 Å². The third-order valence-corrected chi connectivity index (χ3v) is 6.93. The van der Waals surface area contributed by atoms with Crippen LogP contribution in [-0.4, -0.2) is 35.8 Å². The Kier molecular flexibility index (Phi) is 7.22. The van der Waals surface area contributed by atoms with Gasteiger partial charge in [-0.1, -0.05) is 39.3 Å². The summed E-state index contributed by atoms with van der Waals surface area (Å²) >= 11 is 1.33. The van der Waals surface area contributed by atoms with E-state index in [0.717, 1.165) is 29.8 Å². The van der Waals surface area contributed by atoms with Gasteiger partial charge in [-0.25, -0.2) is 4.79 Å². The van der Waals surface area contributed by atoms with Crippen LogP contribution in [0.15, 0.2) is 29.2 Å². The summed E-state index contributed by atoms with van der Waals surface area (Å²) in [7, 11) is 0. The number of rotatable bonds is 6. The van der Waals surface area contributed by atoms with Gasteiger partial charge in [-0.2, -0.15) is 0 Å². The van der Waals surface area contributed by atoms with Gasteiger partial charge in [0.05, 0.1) is 17.4 Å². The standard InChI is InChI=1S/C22H29NO5S/c1-13(2)15-9-8-14(3)10-17(15)28-21(25)12-27-20(24)11-19-22(26)23-16-6-4-5-7-18(16)29-19/h4-7,13-15,17,19H,8-12H2,1-3H3,(H,23,26)/t14-,15-,17-,19+/m1/s1. The van der Waals surface area contributed by atoms with E-state index in [1.54, 1.807) is 0 Å². The molecule has 1 N–H and O–H groups in total. The smallest absolute Gasteiger partial charge is 0.344 e. The maximum atomic E-state index is 12.2. The lowest BCUT2D eigenvalue weighted by Crippen LogP contribution is -2.37. The Balaban J connectivity index is 1.46. The predicted molar refractivity (Wildman–Crippen MR) is 112 cm³/mol. The zero-order valence-corrected chi connectivity index (χ0v) is 18.0. The van der Waals surface area contributed by atoms with E-state index in [-0.39, 0.29) is 18.4 Å². The van der Waals surface area contributed by atoms with Crippen LogP contribution in [0.4, 0.5) is 5.69 Å². The summed E-state index contributed by atoms with van der Waals surface area (Å²) in [5.41, 5.74) is 0.747. The summed E-state index contributed by atoms with van der Waals surface area (Å²) in [5, 5.41) is 2.22. The molecule has 29 heavy (non-hydrogen) atoms. The average Bonchev–Trinajstić information content (AvgIpc) is 2.67. The van der Waals surface area contributed by atoms with Crippen LogP contribution in [0.5, 0.6) is 0 Å². The van der Waals surface area contributed by atoms with Gasteiger partial charge in [0.1, 0.15) is 6.10 Å². The molecular weight excluding hydrogens is 390 g/mol. The maximum absolute atomic E-state index is 12.2. The van der Waals surface area contributed by atoms with Crippen molar-refractivity contribution in [1.82, 2.24) is 0 Å². The number of amides is 1. The molecule has 1 aliphatic carbocycles. The second-order valence-electron chi connectivity index (χ2n) is 8.31. The molecule has 4 atom stereocenters. The molecule has 0 radical (unpaired) electrons. The molecule has 7 heteroatoms. The molecule has 1 aromatic carbocycles. The van der Waals surface area contributed by atoms with Crippen molar-refractivity contribution in [2.75, 3.05) is 11.9 Å². The number of thioether (sulfide) groups is 1. The van der Waals surface area contributed by atoms with Crippen molar-refractivity contribution in [3.8, 4) is 0 Å². The fourth-order valence-electron chi connectivity index (χ4n) is 4.03. The number of nitrogens with one attached hydrogen (secondary N) is 1. The SMILES string of the molecule is CC(C)[C@H]1CC[C@@H](C)C[C@H]1OC(=O)COC(=O)C[C@@H]1Sc2ccccc2NC1=O. The van der Waals surface area contributed by atoms with Crippen molar-refractivity contribution >= 4 is 35.3 Å². The molecule has 0 spiro atoms. The van der Waals surface area contributed by atoms with Crippen molar-refractivity contribution in [3.05, 3.63) is 24.3 Å². The van der Waals surface area contributed by atoms with Crippen LogP contribution < -0.4 is 5.32 Å². The molecule has 1 heterocycles. The van der Waals surface area contributed by atoms with Crippen LogP contribution in [0.25, 0.3) is 0 Å². The molecule has 1 saturated carbocycles. The van der Waals surface area contributed by atoms with Crippen molar-refractivity contribution < 1.29 is 23.9 Å². The van der Waals surface area contributed by atoms with Crippen molar-refractivity contribution in [2.45, 2.75) is 62.7 Å². The molecule has 1 amide bonds. The normalized spacial score (nSPS) is 26.4. The van der Waals surface area contributed by atoms with Gasteiger partial charge < -0.3 is 14.8 Å². The van der Waals surface area contributed by atoms with Crippen molar-refractivity contribution in [2.24, 2.45) is 17.8 Å². The van der Waals surface area contributed by atoms with Crippen molar-refractivity contribution in [3.63, 3.8) is 0 Å². The van der Waals surface area contributed by atoms with Crippen molar-refractivity contribution in [1.29, 1.82) is 0 Å². The minimum absolute atomic E-state index is 0.0901. The number of benzene rings is 1. The molecule has 0 aromatic heterocycles. The summed E-state index contributed by atoms with van der Waals surface area (Å²) in [5.74, 6) is -0.0271. The first-order valence-electron chi connectivity index (χ1n) is 10.2. The molecule has 0 saturated heterocycles. The Morgan fingerprint density at radius 1 is 1.21 bits per heavy atom. The van der Waals surface area contributed by atoms with E-state index in [9.17, 15) is 14.4 Å². The van der Waals surface area contributed by atoms with Crippen LogP contribution in [-0.2, 0) is 23.9 Å². The van der Waals surface area contributed by atoms with Crippen LogP contribution in [0.2, 0.25) is 0 Å². The zero-order chi connectivity index (χ0) is 21.0. The first-order valence-corrected chi connectivity index (χ1v) is 11.1. The highest BCUT2D eigenvalue weighted by atomic mass is 32.2. The topological polar surface area (TPSA) is 81.7 Å². The lowest BCUT2D eigenvalue weighted by molar-refractivity contribution is -0.167. The lowest BCUT2D eigenvalue weighted by atomic mass is 9.75. The third kappa shape index (κ3) is 5.75. The molecule has 1 fully saturated rings. The number of hydrogen-bond acceptors (Lipinski definition) is 6. The van der Waals surface area contributed by atoms with Gasteiger partial charge in [0.15, 0.2) is 6.61 Å². The number of esters is 2. The molecule has 1 aromatic rings. The van der Waals surface area contributed by atoms with Gasteiger partial charge in [-0.05, 0) is 42.7 Å². The lowest BCUT2D eigenvalue weighted by Gasteiger charge is -2.36. The minimum Gasteiger partial charge on any atom is -0.460 e. The van der Waals surface area contributed by atoms with Gasteiger partial charge in [-0.15, -0.1) is 11.8 Å². The molecular formula is C22H29NO5S. The summed E-state index contributed by atoms with van der Waals surface area (Å²) in [6.07, 6.45) is 2.83. The van der Waals surface area contributed by atoms with E-state index < -0.39 is 23.8 Å². The maximum Gasteiger partial charge on any atom is 0.344 e. The summed E-state index contributed by atoms with van der Waals surface area (Å²) in [4.78, 5) is 37.5.